The fourth-order valence-corrected chi connectivity index (χ4v) is 2.71. The van der Waals surface area contributed by atoms with E-state index in [4.69, 9.17) is 4.74 Å². The summed E-state index contributed by atoms with van der Waals surface area (Å²) >= 11 is 4.94. The van der Waals surface area contributed by atoms with Crippen molar-refractivity contribution in [3.63, 3.8) is 0 Å². The van der Waals surface area contributed by atoms with E-state index in [1.807, 2.05) is 26.2 Å². The molecule has 112 valence electrons. The number of carbonyl (C=O) groups excluding carboxylic acids is 1. The SMILES string of the molecule is CC(C)(C)C(=O)OCc1nc(-c2ccc(CBr)cc2)cs1. The molecular formula is C16H18BrNO2S. The summed E-state index contributed by atoms with van der Waals surface area (Å²) in [5.74, 6) is -0.207. The highest BCUT2D eigenvalue weighted by Gasteiger charge is 2.23. The van der Waals surface area contributed by atoms with E-state index in [2.05, 4.69) is 45.2 Å². The van der Waals surface area contributed by atoms with Gasteiger partial charge in [0.1, 0.15) is 11.6 Å². The number of nitrogens with zero attached hydrogens (tertiary/aromatic N) is 1. The fourth-order valence-electron chi connectivity index (χ4n) is 1.62. The Morgan fingerprint density at radius 2 is 1.95 bits per heavy atom. The van der Waals surface area contributed by atoms with Gasteiger partial charge in [-0.3, -0.25) is 4.79 Å². The number of aromatic nitrogens is 1. The summed E-state index contributed by atoms with van der Waals surface area (Å²) in [5, 5.41) is 3.65. The number of ether oxygens (including phenoxy) is 1. The third kappa shape index (κ3) is 4.38. The Morgan fingerprint density at radius 3 is 2.52 bits per heavy atom. The first-order valence-corrected chi connectivity index (χ1v) is 8.67. The van der Waals surface area contributed by atoms with Crippen LogP contribution in [0.1, 0.15) is 31.3 Å². The molecule has 0 spiro atoms. The summed E-state index contributed by atoms with van der Waals surface area (Å²) in [4.78, 5) is 16.3. The van der Waals surface area contributed by atoms with Crippen molar-refractivity contribution in [1.82, 2.24) is 4.98 Å². The van der Waals surface area contributed by atoms with Gasteiger partial charge in [-0.05, 0) is 26.3 Å². The van der Waals surface area contributed by atoms with Gasteiger partial charge in [0.05, 0.1) is 11.1 Å². The summed E-state index contributed by atoms with van der Waals surface area (Å²) in [7, 11) is 0. The Hall–Kier alpha value is -1.20. The quantitative estimate of drug-likeness (QED) is 0.575. The predicted octanol–water partition coefficient (Wildman–Crippen LogP) is 4.79. The molecule has 0 saturated carbocycles. The van der Waals surface area contributed by atoms with Crippen molar-refractivity contribution in [2.24, 2.45) is 5.41 Å². The number of thiazole rings is 1. The minimum Gasteiger partial charge on any atom is -0.458 e. The zero-order valence-electron chi connectivity index (χ0n) is 12.4. The minimum absolute atomic E-state index is 0.207. The van der Waals surface area contributed by atoms with E-state index < -0.39 is 5.41 Å². The van der Waals surface area contributed by atoms with Crippen LogP contribution in [0.5, 0.6) is 0 Å². The Morgan fingerprint density at radius 1 is 1.29 bits per heavy atom. The molecule has 0 aliphatic rings. The topological polar surface area (TPSA) is 39.2 Å². The summed E-state index contributed by atoms with van der Waals surface area (Å²) < 4.78 is 5.28. The standard InChI is InChI=1S/C16H18BrNO2S/c1-16(2,3)15(19)20-9-14-18-13(10-21-14)12-6-4-11(8-17)5-7-12/h4-7,10H,8-9H2,1-3H3. The second-order valence-corrected chi connectivity index (χ2v) is 7.29. The largest absolute Gasteiger partial charge is 0.458 e. The third-order valence-corrected chi connectivity index (χ3v) is 4.36. The molecule has 0 radical (unpaired) electrons. The van der Waals surface area contributed by atoms with Gasteiger partial charge in [0.2, 0.25) is 0 Å². The number of esters is 1. The number of hydrogen-bond acceptors (Lipinski definition) is 4. The molecule has 2 aromatic rings. The molecule has 0 aliphatic heterocycles. The van der Waals surface area contributed by atoms with Crippen molar-refractivity contribution in [2.75, 3.05) is 0 Å². The number of carbonyl (C=O) groups is 1. The van der Waals surface area contributed by atoms with E-state index in [0.717, 1.165) is 21.6 Å². The maximum atomic E-state index is 11.7. The third-order valence-electron chi connectivity index (χ3n) is 2.89. The first kappa shape index (κ1) is 16.2. The molecule has 0 bridgehead atoms. The molecule has 1 aromatic carbocycles. The van der Waals surface area contributed by atoms with Crippen LogP contribution in [0.3, 0.4) is 0 Å². The van der Waals surface area contributed by atoms with Gasteiger partial charge in [-0.15, -0.1) is 11.3 Å². The van der Waals surface area contributed by atoms with E-state index in [-0.39, 0.29) is 12.6 Å². The number of alkyl halides is 1. The van der Waals surface area contributed by atoms with Crippen LogP contribution in [0.15, 0.2) is 29.6 Å². The van der Waals surface area contributed by atoms with Gasteiger partial charge in [-0.2, -0.15) is 0 Å². The molecule has 3 nitrogen and oxygen atoms in total. The fraction of sp³-hybridized carbons (Fsp3) is 0.375. The van der Waals surface area contributed by atoms with Gasteiger partial charge in [-0.25, -0.2) is 4.98 Å². The summed E-state index contributed by atoms with van der Waals surface area (Å²) in [6.07, 6.45) is 0. The van der Waals surface area contributed by atoms with Gasteiger partial charge < -0.3 is 4.74 Å². The van der Waals surface area contributed by atoms with Crippen molar-refractivity contribution in [2.45, 2.75) is 32.7 Å². The van der Waals surface area contributed by atoms with Crippen LogP contribution in [0.2, 0.25) is 0 Å². The molecule has 0 aliphatic carbocycles. The van der Waals surface area contributed by atoms with Crippen LogP contribution >= 0.6 is 27.3 Å². The molecule has 1 aromatic heterocycles. The number of benzene rings is 1. The lowest BCUT2D eigenvalue weighted by molar-refractivity contribution is -0.154. The summed E-state index contributed by atoms with van der Waals surface area (Å²) in [6.45, 7) is 5.76. The summed E-state index contributed by atoms with van der Waals surface area (Å²) in [5.41, 5.74) is 2.74. The van der Waals surface area contributed by atoms with Gasteiger partial charge >= 0.3 is 5.97 Å². The maximum Gasteiger partial charge on any atom is 0.311 e. The van der Waals surface area contributed by atoms with Crippen LogP contribution in [0, 0.1) is 5.41 Å². The average molecular weight is 368 g/mol. The van der Waals surface area contributed by atoms with Crippen LogP contribution < -0.4 is 0 Å². The van der Waals surface area contributed by atoms with Crippen LogP contribution in [0.25, 0.3) is 11.3 Å². The first-order valence-electron chi connectivity index (χ1n) is 6.67. The second kappa shape index (κ2) is 6.71. The number of rotatable bonds is 4. The van der Waals surface area contributed by atoms with Crippen LogP contribution in [-0.4, -0.2) is 11.0 Å². The van der Waals surface area contributed by atoms with E-state index in [1.54, 1.807) is 0 Å². The Kier molecular flexibility index (Phi) is 5.17. The van der Waals surface area contributed by atoms with Gasteiger partial charge in [0, 0.05) is 16.3 Å². The van der Waals surface area contributed by atoms with E-state index in [0.29, 0.717) is 0 Å². The monoisotopic (exact) mass is 367 g/mol. The molecule has 21 heavy (non-hydrogen) atoms. The molecule has 0 N–H and O–H groups in total. The van der Waals surface area contributed by atoms with Gasteiger partial charge in [0.25, 0.3) is 0 Å². The molecule has 0 fully saturated rings. The zero-order valence-corrected chi connectivity index (χ0v) is 14.8. The normalized spacial score (nSPS) is 11.4. The highest BCUT2D eigenvalue weighted by atomic mass is 79.9. The summed E-state index contributed by atoms with van der Waals surface area (Å²) in [6, 6.07) is 8.25. The molecule has 0 amide bonds. The van der Waals surface area contributed by atoms with Crippen molar-refractivity contribution < 1.29 is 9.53 Å². The predicted molar refractivity (Wildman–Crippen MR) is 89.4 cm³/mol. The molecule has 0 unspecified atom stereocenters. The number of hydrogen-bond donors (Lipinski definition) is 0. The van der Waals surface area contributed by atoms with Gasteiger partial charge in [0.15, 0.2) is 0 Å². The lowest BCUT2D eigenvalue weighted by Gasteiger charge is -2.15. The lowest BCUT2D eigenvalue weighted by Crippen LogP contribution is -2.22. The second-order valence-electron chi connectivity index (χ2n) is 5.78. The Labute approximate surface area is 137 Å². The highest BCUT2D eigenvalue weighted by molar-refractivity contribution is 9.08. The van der Waals surface area contributed by atoms with E-state index >= 15 is 0 Å². The van der Waals surface area contributed by atoms with Crippen molar-refractivity contribution in [1.29, 1.82) is 0 Å². The Balaban J connectivity index is 2.02. The zero-order chi connectivity index (χ0) is 15.5. The van der Waals surface area contributed by atoms with Crippen molar-refractivity contribution in [3.05, 3.63) is 40.2 Å². The van der Waals surface area contributed by atoms with E-state index in [9.17, 15) is 4.79 Å². The van der Waals surface area contributed by atoms with Crippen molar-refractivity contribution in [3.8, 4) is 11.3 Å². The molecule has 2 rings (SSSR count). The first-order chi connectivity index (χ1) is 9.90. The molecule has 5 heteroatoms. The smallest absolute Gasteiger partial charge is 0.311 e. The van der Waals surface area contributed by atoms with Crippen molar-refractivity contribution >= 4 is 33.2 Å². The van der Waals surface area contributed by atoms with Crippen LogP contribution in [-0.2, 0) is 21.5 Å². The molecule has 0 saturated heterocycles. The molecule has 0 atom stereocenters. The molecular weight excluding hydrogens is 350 g/mol. The number of halogens is 1. The lowest BCUT2D eigenvalue weighted by atomic mass is 9.97. The molecule has 1 heterocycles. The van der Waals surface area contributed by atoms with Crippen LogP contribution in [0.4, 0.5) is 0 Å². The highest BCUT2D eigenvalue weighted by Crippen LogP contribution is 2.24. The average Bonchev–Trinajstić information content (AvgIpc) is 2.92. The Bertz CT molecular complexity index is 614. The van der Waals surface area contributed by atoms with Gasteiger partial charge in [-0.1, -0.05) is 40.2 Å². The van der Waals surface area contributed by atoms with E-state index in [1.165, 1.54) is 16.9 Å². The minimum atomic E-state index is -0.481. The maximum absolute atomic E-state index is 11.7.